The molecule has 138 valence electrons. The van der Waals surface area contributed by atoms with Crippen LogP contribution < -0.4 is 5.32 Å². The lowest BCUT2D eigenvalue weighted by Gasteiger charge is -2.35. The van der Waals surface area contributed by atoms with Gasteiger partial charge in [-0.15, -0.1) is 0 Å². The van der Waals surface area contributed by atoms with Gasteiger partial charge in [0.1, 0.15) is 0 Å². The Bertz CT molecular complexity index is 940. The first kappa shape index (κ1) is 17.9. The summed E-state index contributed by atoms with van der Waals surface area (Å²) in [7, 11) is 0. The number of piperidine rings is 1. The van der Waals surface area contributed by atoms with Crippen molar-refractivity contribution in [2.75, 3.05) is 25.0 Å². The molecule has 0 aromatic heterocycles. The van der Waals surface area contributed by atoms with Crippen molar-refractivity contribution in [3.05, 3.63) is 58.6 Å². The zero-order valence-electron chi connectivity index (χ0n) is 15.0. The van der Waals surface area contributed by atoms with Gasteiger partial charge < -0.3 is 5.32 Å². The van der Waals surface area contributed by atoms with Crippen LogP contribution in [-0.4, -0.2) is 41.9 Å². The van der Waals surface area contributed by atoms with Crippen LogP contribution >= 0.6 is 11.6 Å². The highest BCUT2D eigenvalue weighted by atomic mass is 35.5. The second-order valence-corrected chi connectivity index (χ2v) is 7.40. The standard InChI is InChI=1S/C21H20ClN3O2/c1-13-17(22)8-7-15-20(13)24-18-9-10-25(11-16(18)21(15)27)12-19(26)23-14-5-3-2-4-6-14/h2-8,16H,9-12H2,1H3,(H,23,26). The van der Waals surface area contributed by atoms with Crippen molar-refractivity contribution in [1.29, 1.82) is 0 Å². The van der Waals surface area contributed by atoms with Crippen molar-refractivity contribution in [1.82, 2.24) is 4.90 Å². The van der Waals surface area contributed by atoms with Gasteiger partial charge in [-0.2, -0.15) is 0 Å². The van der Waals surface area contributed by atoms with Gasteiger partial charge in [0.25, 0.3) is 0 Å². The summed E-state index contributed by atoms with van der Waals surface area (Å²) in [5, 5.41) is 3.52. The molecule has 1 atom stereocenters. The van der Waals surface area contributed by atoms with Gasteiger partial charge in [-0.05, 0) is 43.2 Å². The summed E-state index contributed by atoms with van der Waals surface area (Å²) < 4.78 is 0. The Balaban J connectivity index is 1.47. The average molecular weight is 382 g/mol. The molecule has 0 spiro atoms. The van der Waals surface area contributed by atoms with Crippen LogP contribution in [0.25, 0.3) is 0 Å². The van der Waals surface area contributed by atoms with E-state index in [0.717, 1.165) is 17.0 Å². The van der Waals surface area contributed by atoms with Crippen molar-refractivity contribution in [2.45, 2.75) is 13.3 Å². The van der Waals surface area contributed by atoms with Crippen molar-refractivity contribution in [3.63, 3.8) is 0 Å². The van der Waals surface area contributed by atoms with Gasteiger partial charge >= 0.3 is 0 Å². The lowest BCUT2D eigenvalue weighted by molar-refractivity contribution is -0.117. The Morgan fingerprint density at radius 1 is 1.26 bits per heavy atom. The highest BCUT2D eigenvalue weighted by Crippen LogP contribution is 2.37. The predicted molar refractivity (Wildman–Crippen MR) is 107 cm³/mol. The summed E-state index contributed by atoms with van der Waals surface area (Å²) in [6, 6.07) is 12.9. The lowest BCUT2D eigenvalue weighted by atomic mass is 9.84. The van der Waals surface area contributed by atoms with Gasteiger partial charge in [0, 0.05) is 35.1 Å². The largest absolute Gasteiger partial charge is 0.325 e. The third-order valence-corrected chi connectivity index (χ3v) is 5.56. The molecular weight excluding hydrogens is 362 g/mol. The van der Waals surface area contributed by atoms with E-state index in [9.17, 15) is 9.59 Å². The molecule has 1 fully saturated rings. The molecule has 2 aliphatic rings. The van der Waals surface area contributed by atoms with Crippen molar-refractivity contribution < 1.29 is 9.59 Å². The number of aliphatic imine (C=N–C) groups is 1. The van der Waals surface area contributed by atoms with Crippen LogP contribution in [0, 0.1) is 12.8 Å². The number of para-hydroxylation sites is 1. The minimum absolute atomic E-state index is 0.0722. The number of fused-ring (bicyclic) bond motifs is 2. The first-order valence-corrected chi connectivity index (χ1v) is 9.39. The number of halogens is 1. The van der Waals surface area contributed by atoms with Crippen LogP contribution in [0.4, 0.5) is 11.4 Å². The molecular formula is C21H20ClN3O2. The Morgan fingerprint density at radius 2 is 2.04 bits per heavy atom. The SMILES string of the molecule is Cc1c(Cl)ccc2c1N=C1CCN(CC(=O)Nc3ccccc3)CC1C2=O. The molecule has 27 heavy (non-hydrogen) atoms. The maximum atomic E-state index is 13.0. The van der Waals surface area contributed by atoms with Crippen molar-refractivity contribution in [3.8, 4) is 0 Å². The normalized spacial score (nSPS) is 19.1. The van der Waals surface area contributed by atoms with Gasteiger partial charge in [0.05, 0.1) is 18.2 Å². The molecule has 0 aliphatic carbocycles. The smallest absolute Gasteiger partial charge is 0.238 e. The summed E-state index contributed by atoms with van der Waals surface area (Å²) >= 11 is 6.18. The number of hydrogen-bond acceptors (Lipinski definition) is 4. The van der Waals surface area contributed by atoms with Crippen LogP contribution in [0.1, 0.15) is 22.3 Å². The van der Waals surface area contributed by atoms with Gasteiger partial charge in [-0.1, -0.05) is 29.8 Å². The minimum Gasteiger partial charge on any atom is -0.325 e. The number of Topliss-reactive ketones (excluding diaryl/α,β-unsaturated/α-hetero) is 1. The van der Waals surface area contributed by atoms with Crippen LogP contribution in [0.2, 0.25) is 5.02 Å². The Kier molecular flexibility index (Phi) is 4.81. The zero-order valence-corrected chi connectivity index (χ0v) is 15.8. The molecule has 2 aromatic carbocycles. The number of nitrogens with zero attached hydrogens (tertiary/aromatic N) is 2. The minimum atomic E-state index is -0.281. The Hall–Kier alpha value is -2.50. The quantitative estimate of drug-likeness (QED) is 0.877. The molecule has 4 rings (SSSR count). The summed E-state index contributed by atoms with van der Waals surface area (Å²) in [4.78, 5) is 32.1. The molecule has 1 unspecified atom stereocenters. The van der Waals surface area contributed by atoms with Gasteiger partial charge in [0.2, 0.25) is 5.91 Å². The second-order valence-electron chi connectivity index (χ2n) is 6.99. The number of ketones is 1. The fourth-order valence-electron chi connectivity index (χ4n) is 3.69. The molecule has 1 N–H and O–H groups in total. The lowest BCUT2D eigenvalue weighted by Crippen LogP contribution is -2.47. The van der Waals surface area contributed by atoms with Crippen LogP contribution in [0.15, 0.2) is 47.5 Å². The number of rotatable bonds is 3. The molecule has 5 nitrogen and oxygen atoms in total. The molecule has 0 saturated carbocycles. The maximum Gasteiger partial charge on any atom is 0.238 e. The van der Waals surface area contributed by atoms with Crippen molar-refractivity contribution in [2.24, 2.45) is 10.9 Å². The molecule has 0 radical (unpaired) electrons. The Morgan fingerprint density at radius 3 is 2.81 bits per heavy atom. The number of likely N-dealkylation sites (tertiary alicyclic amines) is 1. The van der Waals surface area contributed by atoms with E-state index in [1.807, 2.05) is 42.2 Å². The number of hydrogen-bond donors (Lipinski definition) is 1. The van der Waals surface area contributed by atoms with E-state index >= 15 is 0 Å². The fourth-order valence-corrected chi connectivity index (χ4v) is 3.84. The molecule has 1 amide bonds. The summed E-state index contributed by atoms with van der Waals surface area (Å²) in [6.07, 6.45) is 0.681. The molecule has 0 bridgehead atoms. The monoisotopic (exact) mass is 381 g/mol. The summed E-state index contributed by atoms with van der Waals surface area (Å²) in [5.41, 5.74) is 3.85. The number of amides is 1. The first-order chi connectivity index (χ1) is 13.0. The maximum absolute atomic E-state index is 13.0. The van der Waals surface area contributed by atoms with E-state index in [1.54, 1.807) is 12.1 Å². The fraction of sp³-hybridized carbons (Fsp3) is 0.286. The van der Waals surface area contributed by atoms with E-state index < -0.39 is 0 Å². The van der Waals surface area contributed by atoms with Gasteiger partial charge in [0.15, 0.2) is 5.78 Å². The van der Waals surface area contributed by atoms with E-state index in [4.69, 9.17) is 16.6 Å². The second kappa shape index (κ2) is 7.25. The van der Waals surface area contributed by atoms with E-state index in [2.05, 4.69) is 5.32 Å². The first-order valence-electron chi connectivity index (χ1n) is 9.01. The number of benzene rings is 2. The number of carbonyl (C=O) groups excluding carboxylic acids is 2. The molecule has 2 aliphatic heterocycles. The third-order valence-electron chi connectivity index (χ3n) is 5.15. The van der Waals surface area contributed by atoms with E-state index in [-0.39, 0.29) is 24.2 Å². The number of carbonyl (C=O) groups is 2. The number of anilines is 1. The van der Waals surface area contributed by atoms with Crippen LogP contribution in [-0.2, 0) is 4.79 Å². The third kappa shape index (κ3) is 3.53. The predicted octanol–water partition coefficient (Wildman–Crippen LogP) is 3.88. The van der Waals surface area contributed by atoms with Gasteiger partial charge in [-0.3, -0.25) is 19.5 Å². The van der Waals surface area contributed by atoms with Crippen molar-refractivity contribution >= 4 is 40.4 Å². The highest BCUT2D eigenvalue weighted by molar-refractivity contribution is 6.32. The topological polar surface area (TPSA) is 61.8 Å². The summed E-state index contributed by atoms with van der Waals surface area (Å²) in [6.45, 7) is 3.38. The summed E-state index contributed by atoms with van der Waals surface area (Å²) in [5.74, 6) is -0.285. The molecule has 2 aromatic rings. The Labute approximate surface area is 163 Å². The number of nitrogens with one attached hydrogen (secondary N) is 1. The average Bonchev–Trinajstić information content (AvgIpc) is 2.66. The van der Waals surface area contributed by atoms with E-state index in [1.165, 1.54) is 0 Å². The van der Waals surface area contributed by atoms with Crippen LogP contribution in [0.3, 0.4) is 0 Å². The molecule has 1 saturated heterocycles. The molecule has 2 heterocycles. The van der Waals surface area contributed by atoms with Gasteiger partial charge in [-0.25, -0.2) is 0 Å². The zero-order chi connectivity index (χ0) is 19.0. The van der Waals surface area contributed by atoms with E-state index in [0.29, 0.717) is 35.8 Å². The van der Waals surface area contributed by atoms with Crippen LogP contribution in [0.5, 0.6) is 0 Å². The molecule has 6 heteroatoms. The highest BCUT2D eigenvalue weighted by Gasteiger charge is 2.36.